The third-order valence-electron chi connectivity index (χ3n) is 8.77. The summed E-state index contributed by atoms with van der Waals surface area (Å²) in [6, 6.07) is 3.74. The van der Waals surface area contributed by atoms with Crippen molar-refractivity contribution in [3.63, 3.8) is 0 Å². The summed E-state index contributed by atoms with van der Waals surface area (Å²) in [5.74, 6) is 4.36. The molecule has 2 unspecified atom stereocenters. The van der Waals surface area contributed by atoms with Gasteiger partial charge in [-0.25, -0.2) is 9.98 Å². The van der Waals surface area contributed by atoms with Crippen LogP contribution in [0.2, 0.25) is 0 Å². The maximum Gasteiger partial charge on any atom is 0.203 e. The Morgan fingerprint density at radius 2 is 1.76 bits per heavy atom. The molecule has 0 saturated carbocycles. The first-order valence-electron chi connectivity index (χ1n) is 15.6. The second-order valence-electron chi connectivity index (χ2n) is 11.7. The Balaban J connectivity index is 1.62. The Bertz CT molecular complexity index is 1250. The number of allylic oxidation sites excluding steroid dienone is 2. The predicted molar refractivity (Wildman–Crippen MR) is 171 cm³/mol. The lowest BCUT2D eigenvalue weighted by Gasteiger charge is -2.28. The van der Waals surface area contributed by atoms with E-state index in [4.69, 9.17) is 24.2 Å². The van der Waals surface area contributed by atoms with Crippen LogP contribution in [0, 0.1) is 18.8 Å². The Hall–Kier alpha value is -3.10. The summed E-state index contributed by atoms with van der Waals surface area (Å²) in [7, 11) is 4.84. The van der Waals surface area contributed by atoms with Gasteiger partial charge in [-0.1, -0.05) is 25.8 Å². The highest BCUT2D eigenvalue weighted by Gasteiger charge is 2.22. The van der Waals surface area contributed by atoms with Crippen molar-refractivity contribution in [3.05, 3.63) is 47.3 Å². The summed E-state index contributed by atoms with van der Waals surface area (Å²) >= 11 is 0. The highest BCUT2D eigenvalue weighted by molar-refractivity contribution is 6.08. The van der Waals surface area contributed by atoms with Crippen molar-refractivity contribution < 1.29 is 19.3 Å². The Kier molecular flexibility index (Phi) is 11.7. The van der Waals surface area contributed by atoms with E-state index < -0.39 is 0 Å². The molecule has 1 aromatic carbocycles. The first kappa shape index (κ1) is 31.8. The summed E-state index contributed by atoms with van der Waals surface area (Å²) in [4.78, 5) is 12.9. The standard InChI is InChI=1S/C34H50N4O4/c1-7-27-14-13-24(2)34(36-33(27)35-29-19-30(40-4)32(42-6)31(20-29)41-5)38-21-25(3)28(23-38)22-37-16-9-8-11-26(15-17-37)12-10-18-39/h13,19-21,23,26-27,39H,7-12,14-18,22H2,1-6H3. The van der Waals surface area contributed by atoms with Crippen molar-refractivity contribution in [2.75, 3.05) is 41.0 Å². The molecule has 42 heavy (non-hydrogen) atoms. The predicted octanol–water partition coefficient (Wildman–Crippen LogP) is 6.94. The molecule has 8 heteroatoms. The van der Waals surface area contributed by atoms with Crippen molar-refractivity contribution in [3.8, 4) is 17.2 Å². The van der Waals surface area contributed by atoms with Gasteiger partial charge in [0.2, 0.25) is 5.75 Å². The fourth-order valence-corrected chi connectivity index (χ4v) is 6.14. The van der Waals surface area contributed by atoms with Crippen LogP contribution in [0.4, 0.5) is 5.69 Å². The van der Waals surface area contributed by atoms with Gasteiger partial charge >= 0.3 is 0 Å². The third kappa shape index (κ3) is 7.84. The van der Waals surface area contributed by atoms with Gasteiger partial charge < -0.3 is 23.9 Å². The van der Waals surface area contributed by atoms with Crippen LogP contribution in [0.3, 0.4) is 0 Å². The molecule has 2 atom stereocenters. The van der Waals surface area contributed by atoms with Crippen molar-refractivity contribution >= 4 is 17.4 Å². The molecule has 0 aliphatic carbocycles. The van der Waals surface area contributed by atoms with Crippen LogP contribution in [0.15, 0.2) is 46.2 Å². The Labute approximate surface area is 252 Å². The van der Waals surface area contributed by atoms with Gasteiger partial charge in [-0.3, -0.25) is 4.90 Å². The third-order valence-corrected chi connectivity index (χ3v) is 8.77. The maximum absolute atomic E-state index is 9.28. The smallest absolute Gasteiger partial charge is 0.203 e. The molecule has 1 N–H and O–H groups in total. The maximum atomic E-state index is 9.28. The topological polar surface area (TPSA) is 80.8 Å². The zero-order valence-electron chi connectivity index (χ0n) is 26.5. The van der Waals surface area contributed by atoms with Gasteiger partial charge in [-0.05, 0) is 88.1 Å². The first-order chi connectivity index (χ1) is 20.4. The van der Waals surface area contributed by atoms with Gasteiger partial charge in [-0.2, -0.15) is 0 Å². The molecule has 2 aliphatic heterocycles. The van der Waals surface area contributed by atoms with E-state index in [1.165, 1.54) is 36.8 Å². The number of hydrogen-bond acceptors (Lipinski definition) is 6. The van der Waals surface area contributed by atoms with E-state index in [9.17, 15) is 5.11 Å². The number of hydrogen-bond donors (Lipinski definition) is 1. The molecule has 0 bridgehead atoms. The SMILES string of the molecule is CCC1CC=C(C)C(n2cc(C)c(CN3CCCCC(CCCO)CC3)c2)=NC1=Nc1cc(OC)c(OC)c(OC)c1. The second-order valence-corrected chi connectivity index (χ2v) is 11.7. The normalized spacial score (nSPS) is 21.3. The van der Waals surface area contributed by atoms with Crippen LogP contribution in [0.25, 0.3) is 0 Å². The van der Waals surface area contributed by atoms with E-state index in [0.717, 1.165) is 74.2 Å². The van der Waals surface area contributed by atoms with Gasteiger partial charge in [0.25, 0.3) is 0 Å². The molecule has 0 radical (unpaired) electrons. The van der Waals surface area contributed by atoms with E-state index in [1.54, 1.807) is 21.3 Å². The number of aliphatic imine (C=N–C) groups is 2. The highest BCUT2D eigenvalue weighted by Crippen LogP contribution is 2.41. The summed E-state index contributed by atoms with van der Waals surface area (Å²) in [6.07, 6.45) is 15.7. The number of likely N-dealkylation sites (tertiary alicyclic amines) is 1. The number of rotatable bonds is 10. The summed E-state index contributed by atoms with van der Waals surface area (Å²) in [6.45, 7) is 10.0. The average Bonchev–Trinajstić information content (AvgIpc) is 3.26. The van der Waals surface area contributed by atoms with Crippen molar-refractivity contribution in [2.24, 2.45) is 21.8 Å². The molecule has 1 aromatic heterocycles. The Morgan fingerprint density at radius 1 is 1.00 bits per heavy atom. The van der Waals surface area contributed by atoms with Crippen molar-refractivity contribution in [1.29, 1.82) is 0 Å². The van der Waals surface area contributed by atoms with Gasteiger partial charge in [0.05, 0.1) is 27.0 Å². The van der Waals surface area contributed by atoms with Crippen LogP contribution >= 0.6 is 0 Å². The fraction of sp³-hybridized carbons (Fsp3) is 0.588. The van der Waals surface area contributed by atoms with Gasteiger partial charge in [0.1, 0.15) is 11.7 Å². The first-order valence-corrected chi connectivity index (χ1v) is 15.6. The molecule has 2 aliphatic rings. The second kappa shape index (κ2) is 15.4. The van der Waals surface area contributed by atoms with Crippen molar-refractivity contribution in [2.45, 2.75) is 78.7 Å². The number of nitrogens with zero attached hydrogens (tertiary/aromatic N) is 4. The lowest BCUT2D eigenvalue weighted by Crippen LogP contribution is -2.29. The van der Waals surface area contributed by atoms with E-state index in [0.29, 0.717) is 23.9 Å². The number of amidine groups is 1. The lowest BCUT2D eigenvalue weighted by molar-refractivity contribution is 0.198. The van der Waals surface area contributed by atoms with E-state index in [1.807, 2.05) is 12.1 Å². The van der Waals surface area contributed by atoms with Crippen LogP contribution < -0.4 is 14.2 Å². The van der Waals surface area contributed by atoms with Crippen LogP contribution in [-0.4, -0.2) is 67.3 Å². The van der Waals surface area contributed by atoms with Crippen LogP contribution in [0.5, 0.6) is 17.2 Å². The molecule has 3 heterocycles. The summed E-state index contributed by atoms with van der Waals surface area (Å²) < 4.78 is 18.8. The lowest BCUT2D eigenvalue weighted by atomic mass is 9.91. The van der Waals surface area contributed by atoms with Gasteiger partial charge in [0.15, 0.2) is 11.5 Å². The molecule has 8 nitrogen and oxygen atoms in total. The zero-order chi connectivity index (χ0) is 30.1. The van der Waals surface area contributed by atoms with E-state index in [2.05, 4.69) is 48.7 Å². The molecular weight excluding hydrogens is 528 g/mol. The molecule has 2 aromatic rings. The molecule has 4 rings (SSSR count). The number of ether oxygens (including phenoxy) is 3. The molecule has 0 amide bonds. The zero-order valence-corrected chi connectivity index (χ0v) is 26.5. The number of aliphatic hydroxyl groups is 1. The van der Waals surface area contributed by atoms with Gasteiger partial charge in [0, 0.05) is 43.6 Å². The molecule has 0 spiro atoms. The minimum atomic E-state index is 0.201. The molecule has 1 saturated heterocycles. The Morgan fingerprint density at radius 3 is 2.43 bits per heavy atom. The average molecular weight is 579 g/mol. The van der Waals surface area contributed by atoms with Crippen LogP contribution in [0.1, 0.15) is 76.3 Å². The van der Waals surface area contributed by atoms with Crippen molar-refractivity contribution in [1.82, 2.24) is 9.47 Å². The number of methoxy groups -OCH3 is 3. The number of benzene rings is 1. The van der Waals surface area contributed by atoms with E-state index >= 15 is 0 Å². The summed E-state index contributed by atoms with van der Waals surface area (Å²) in [5, 5.41) is 9.28. The molecule has 230 valence electrons. The summed E-state index contributed by atoms with van der Waals surface area (Å²) in [5.41, 5.74) is 4.50. The fourth-order valence-electron chi connectivity index (χ4n) is 6.14. The quantitative estimate of drug-likeness (QED) is 0.330. The van der Waals surface area contributed by atoms with Crippen LogP contribution in [-0.2, 0) is 6.54 Å². The number of aliphatic hydroxyl groups excluding tert-OH is 1. The molecule has 1 fully saturated rings. The monoisotopic (exact) mass is 578 g/mol. The minimum absolute atomic E-state index is 0.201. The highest BCUT2D eigenvalue weighted by atomic mass is 16.5. The number of aryl methyl sites for hydroxylation is 1. The van der Waals surface area contributed by atoms with E-state index in [-0.39, 0.29) is 5.92 Å². The minimum Gasteiger partial charge on any atom is -0.493 e. The van der Waals surface area contributed by atoms with Gasteiger partial charge in [-0.15, -0.1) is 0 Å². The molecular formula is C34H50N4O4. The largest absolute Gasteiger partial charge is 0.493 e. The number of aromatic nitrogens is 1.